The fourth-order valence-electron chi connectivity index (χ4n) is 9.05. The fraction of sp³-hybridized carbons (Fsp3) is 0. The number of rotatable bonds is 7. The van der Waals surface area contributed by atoms with Crippen LogP contribution < -0.4 is 30.4 Å². The maximum atomic E-state index is 6.67. The van der Waals surface area contributed by atoms with E-state index in [1.165, 1.54) is 37.5 Å². The van der Waals surface area contributed by atoms with E-state index in [4.69, 9.17) is 9.72 Å². The Morgan fingerprint density at radius 3 is 1.86 bits per heavy atom. The van der Waals surface area contributed by atoms with E-state index in [-0.39, 0.29) is 0 Å². The van der Waals surface area contributed by atoms with Crippen molar-refractivity contribution in [1.29, 1.82) is 0 Å². The Hall–Kier alpha value is -7.54. The van der Waals surface area contributed by atoms with Gasteiger partial charge in [0.25, 0.3) is 0 Å². The van der Waals surface area contributed by atoms with Crippen molar-refractivity contribution in [2.45, 2.75) is 0 Å². The van der Waals surface area contributed by atoms with Crippen molar-refractivity contribution < 1.29 is 4.74 Å². The second-order valence-electron chi connectivity index (χ2n) is 14.6. The second kappa shape index (κ2) is 13.9. The zero-order valence-corrected chi connectivity index (χ0v) is 32.5. The average Bonchev–Trinajstić information content (AvgIpc) is 3.63. The monoisotopic (exact) mass is 760 g/mol. The second-order valence-corrected chi connectivity index (χ2v) is 18.3. The third kappa shape index (κ3) is 5.30. The van der Waals surface area contributed by atoms with Crippen LogP contribution in [0.4, 0.5) is 17.1 Å². The van der Waals surface area contributed by atoms with Gasteiger partial charge in [-0.2, -0.15) is 0 Å². The van der Waals surface area contributed by atoms with Gasteiger partial charge in [0, 0.05) is 46.2 Å². The summed E-state index contributed by atoms with van der Waals surface area (Å²) in [5.74, 6) is 2.32. The Balaban J connectivity index is 1.23. The SMILES string of the molecule is c1ccc(N2c3ccccc3[Si](c3ccccc3)(c3ccccc3)c3ccc4c(c32)c2ccc(Oc3cccc(-c5ccccn5)c3)cc2n4-c2ccccn2)cc1. The maximum absolute atomic E-state index is 6.67. The highest BCUT2D eigenvalue weighted by molar-refractivity contribution is 7.21. The van der Waals surface area contributed by atoms with E-state index in [1.54, 1.807) is 0 Å². The van der Waals surface area contributed by atoms with Gasteiger partial charge in [-0.1, -0.05) is 127 Å². The molecule has 7 aromatic carbocycles. The number of ether oxygens (including phenoxy) is 1. The molecule has 0 spiro atoms. The minimum Gasteiger partial charge on any atom is -0.457 e. The van der Waals surface area contributed by atoms with Gasteiger partial charge in [-0.3, -0.25) is 9.55 Å². The minimum atomic E-state index is -2.92. The number of nitrogens with zero attached hydrogens (tertiary/aromatic N) is 4. The zero-order valence-electron chi connectivity index (χ0n) is 31.5. The van der Waals surface area contributed by atoms with Gasteiger partial charge in [0.05, 0.1) is 22.4 Å². The molecule has 58 heavy (non-hydrogen) atoms. The van der Waals surface area contributed by atoms with Crippen LogP contribution in [0.3, 0.4) is 0 Å². The standard InChI is InChI=1S/C52H36N4OSi/c1-4-18-38(19-5-1)55-45-26-10-11-27-48(45)58(41-21-6-2-7-22-41,42-23-8-3-9-24-42)49-32-31-46-51(52(49)55)43-30-29-40(36-47(43)56(46)50-28-13-15-34-54-50)57-39-20-16-17-37(35-39)44-25-12-14-33-53-44/h1-36H. The molecule has 0 N–H and O–H groups in total. The lowest BCUT2D eigenvalue weighted by atomic mass is 10.1. The van der Waals surface area contributed by atoms with Crippen LogP contribution in [0.25, 0.3) is 38.9 Å². The van der Waals surface area contributed by atoms with Crippen molar-refractivity contribution in [2.75, 3.05) is 4.90 Å². The smallest absolute Gasteiger partial charge is 0.184 e. The zero-order chi connectivity index (χ0) is 38.5. The topological polar surface area (TPSA) is 43.2 Å². The molecule has 6 heteroatoms. The Kier molecular flexibility index (Phi) is 8.08. The Labute approximate surface area is 337 Å². The van der Waals surface area contributed by atoms with Crippen molar-refractivity contribution in [1.82, 2.24) is 14.5 Å². The molecule has 0 saturated heterocycles. The molecule has 0 unspecified atom stereocenters. The number of hydrogen-bond donors (Lipinski definition) is 0. The molecule has 10 aromatic rings. The van der Waals surface area contributed by atoms with Gasteiger partial charge in [-0.15, -0.1) is 0 Å². The number of pyridine rings is 2. The van der Waals surface area contributed by atoms with Crippen molar-refractivity contribution in [3.63, 3.8) is 0 Å². The van der Waals surface area contributed by atoms with E-state index in [0.29, 0.717) is 0 Å². The van der Waals surface area contributed by atoms with Gasteiger partial charge in [0.2, 0.25) is 0 Å². The lowest BCUT2D eigenvalue weighted by molar-refractivity contribution is 0.483. The molecule has 0 atom stereocenters. The number of hydrogen-bond acceptors (Lipinski definition) is 4. The molecule has 0 amide bonds. The van der Waals surface area contributed by atoms with E-state index in [0.717, 1.165) is 50.7 Å². The molecule has 0 bridgehead atoms. The quantitative estimate of drug-likeness (QED) is 0.152. The number of para-hydroxylation sites is 2. The summed E-state index contributed by atoms with van der Waals surface area (Å²) in [6, 6.07) is 73.6. The van der Waals surface area contributed by atoms with Crippen LogP contribution in [0, 0.1) is 0 Å². The maximum Gasteiger partial charge on any atom is 0.184 e. The molecule has 1 aliphatic rings. The predicted molar refractivity (Wildman–Crippen MR) is 240 cm³/mol. The van der Waals surface area contributed by atoms with Gasteiger partial charge < -0.3 is 9.64 Å². The fourth-order valence-corrected chi connectivity index (χ4v) is 14.2. The summed E-state index contributed by atoms with van der Waals surface area (Å²) < 4.78 is 8.96. The van der Waals surface area contributed by atoms with E-state index in [1.807, 2.05) is 54.9 Å². The molecular formula is C52H36N4OSi. The summed E-state index contributed by atoms with van der Waals surface area (Å²) >= 11 is 0. The first-order valence-electron chi connectivity index (χ1n) is 19.6. The van der Waals surface area contributed by atoms with Gasteiger partial charge in [-0.25, -0.2) is 4.98 Å². The Morgan fingerprint density at radius 1 is 0.466 bits per heavy atom. The first-order valence-corrected chi connectivity index (χ1v) is 21.6. The lowest BCUT2D eigenvalue weighted by Gasteiger charge is -2.45. The molecular weight excluding hydrogens is 725 g/mol. The van der Waals surface area contributed by atoms with Crippen LogP contribution in [-0.4, -0.2) is 22.6 Å². The van der Waals surface area contributed by atoms with Crippen molar-refractivity contribution in [3.8, 4) is 28.6 Å². The van der Waals surface area contributed by atoms with Crippen LogP contribution in [-0.2, 0) is 0 Å². The van der Waals surface area contributed by atoms with Crippen molar-refractivity contribution >= 4 is 67.7 Å². The first-order chi connectivity index (χ1) is 28.8. The molecule has 1 aliphatic heterocycles. The van der Waals surface area contributed by atoms with E-state index in [9.17, 15) is 0 Å². The highest BCUT2D eigenvalue weighted by atomic mass is 28.3. The molecule has 5 nitrogen and oxygen atoms in total. The van der Waals surface area contributed by atoms with Gasteiger partial charge in [-0.05, 0) is 93.5 Å². The van der Waals surface area contributed by atoms with Gasteiger partial charge in [0.1, 0.15) is 17.3 Å². The van der Waals surface area contributed by atoms with Crippen LogP contribution >= 0.6 is 0 Å². The minimum absolute atomic E-state index is 0.738. The summed E-state index contributed by atoms with van der Waals surface area (Å²) in [6.45, 7) is 0. The molecule has 0 fully saturated rings. The predicted octanol–water partition coefficient (Wildman–Crippen LogP) is 10.2. The molecule has 3 aromatic heterocycles. The van der Waals surface area contributed by atoms with E-state index >= 15 is 0 Å². The summed E-state index contributed by atoms with van der Waals surface area (Å²) in [4.78, 5) is 12.0. The Morgan fingerprint density at radius 2 is 1.14 bits per heavy atom. The highest BCUT2D eigenvalue weighted by Gasteiger charge is 2.49. The first kappa shape index (κ1) is 33.8. The van der Waals surface area contributed by atoms with Gasteiger partial charge >= 0.3 is 0 Å². The number of benzene rings is 7. The molecule has 0 saturated carbocycles. The third-order valence-corrected chi connectivity index (χ3v) is 16.2. The average molecular weight is 761 g/mol. The van der Waals surface area contributed by atoms with Crippen LogP contribution in [0.2, 0.25) is 0 Å². The van der Waals surface area contributed by atoms with Crippen molar-refractivity contribution in [3.05, 3.63) is 219 Å². The largest absolute Gasteiger partial charge is 0.457 e. The normalized spacial score (nSPS) is 12.9. The molecule has 0 radical (unpaired) electrons. The summed E-state index contributed by atoms with van der Waals surface area (Å²) in [6.07, 6.45) is 3.68. The number of anilines is 3. The van der Waals surface area contributed by atoms with Crippen LogP contribution in [0.15, 0.2) is 219 Å². The molecule has 4 heterocycles. The number of aromatic nitrogens is 3. The molecule has 11 rings (SSSR count). The molecule has 274 valence electrons. The summed E-state index contributed by atoms with van der Waals surface area (Å²) in [5, 5.41) is 7.69. The van der Waals surface area contributed by atoms with Crippen molar-refractivity contribution in [2.24, 2.45) is 0 Å². The summed E-state index contributed by atoms with van der Waals surface area (Å²) in [7, 11) is -2.92. The van der Waals surface area contributed by atoms with Crippen LogP contribution in [0.1, 0.15) is 0 Å². The van der Waals surface area contributed by atoms with E-state index in [2.05, 4.69) is 178 Å². The lowest BCUT2D eigenvalue weighted by Crippen LogP contribution is -2.77. The third-order valence-electron chi connectivity index (χ3n) is 11.4. The van der Waals surface area contributed by atoms with Gasteiger partial charge in [0.15, 0.2) is 8.07 Å². The van der Waals surface area contributed by atoms with E-state index < -0.39 is 8.07 Å². The summed E-state index contributed by atoms with van der Waals surface area (Å²) in [5.41, 5.74) is 7.49. The highest BCUT2D eigenvalue weighted by Crippen LogP contribution is 2.46. The Bertz CT molecular complexity index is 3040. The molecule has 0 aliphatic carbocycles. The number of fused-ring (bicyclic) bond motifs is 6. The van der Waals surface area contributed by atoms with Crippen LogP contribution in [0.5, 0.6) is 11.5 Å².